The number of amides is 1. The maximum Gasteiger partial charge on any atom is 0.247 e. The molecule has 1 saturated heterocycles. The standard InChI is InChI=1S/C18H22BrFN4O/c1-13-16(19)12-24(21-13)14(2)18(25)23-9-7-22(8-10-23)11-15-5-3-4-6-17(15)20/h3-6,12,14H,7-11H2,1-2H3. The number of aromatic nitrogens is 2. The van der Waals surface area contributed by atoms with Crippen molar-refractivity contribution in [2.75, 3.05) is 26.2 Å². The Balaban J connectivity index is 1.56. The molecule has 2 heterocycles. The Kier molecular flexibility index (Phi) is 5.54. The van der Waals surface area contributed by atoms with Gasteiger partial charge in [0.05, 0.1) is 10.2 Å². The molecule has 1 atom stereocenters. The van der Waals surface area contributed by atoms with Crippen LogP contribution >= 0.6 is 15.9 Å². The molecule has 0 spiro atoms. The lowest BCUT2D eigenvalue weighted by atomic mass is 10.1. The Labute approximate surface area is 155 Å². The van der Waals surface area contributed by atoms with Crippen molar-refractivity contribution in [1.82, 2.24) is 19.6 Å². The second-order valence-electron chi connectivity index (χ2n) is 6.41. The van der Waals surface area contributed by atoms with Crippen LogP contribution in [0.3, 0.4) is 0 Å². The van der Waals surface area contributed by atoms with Gasteiger partial charge >= 0.3 is 0 Å². The summed E-state index contributed by atoms with van der Waals surface area (Å²) >= 11 is 3.43. The van der Waals surface area contributed by atoms with E-state index >= 15 is 0 Å². The lowest BCUT2D eigenvalue weighted by Gasteiger charge is -2.36. The first kappa shape index (κ1) is 18.1. The van der Waals surface area contributed by atoms with Gasteiger partial charge in [-0.1, -0.05) is 18.2 Å². The van der Waals surface area contributed by atoms with Gasteiger partial charge < -0.3 is 4.90 Å². The normalized spacial score (nSPS) is 16.9. The molecule has 1 aromatic heterocycles. The van der Waals surface area contributed by atoms with Gasteiger partial charge in [-0.2, -0.15) is 5.10 Å². The van der Waals surface area contributed by atoms with Crippen molar-refractivity contribution < 1.29 is 9.18 Å². The van der Waals surface area contributed by atoms with Crippen molar-refractivity contribution in [3.05, 3.63) is 52.0 Å². The molecule has 1 aliphatic heterocycles. The van der Waals surface area contributed by atoms with Crippen LogP contribution in [0.2, 0.25) is 0 Å². The number of aryl methyl sites for hydroxylation is 1. The number of halogens is 2. The molecule has 134 valence electrons. The highest BCUT2D eigenvalue weighted by Crippen LogP contribution is 2.19. The third-order valence-corrected chi connectivity index (χ3v) is 5.43. The van der Waals surface area contributed by atoms with Crippen LogP contribution in [0.25, 0.3) is 0 Å². The van der Waals surface area contributed by atoms with Gasteiger partial charge in [-0.3, -0.25) is 14.4 Å². The number of hydrogen-bond acceptors (Lipinski definition) is 3. The first-order chi connectivity index (χ1) is 12.0. The zero-order valence-corrected chi connectivity index (χ0v) is 16.0. The van der Waals surface area contributed by atoms with Gasteiger partial charge in [-0.25, -0.2) is 4.39 Å². The van der Waals surface area contributed by atoms with Crippen LogP contribution in [0.4, 0.5) is 4.39 Å². The quantitative estimate of drug-likeness (QED) is 0.780. The van der Waals surface area contributed by atoms with E-state index in [4.69, 9.17) is 0 Å². The molecular weight excluding hydrogens is 387 g/mol. The highest BCUT2D eigenvalue weighted by Gasteiger charge is 2.26. The van der Waals surface area contributed by atoms with Crippen LogP contribution < -0.4 is 0 Å². The number of rotatable bonds is 4. The molecular formula is C18H22BrFN4O. The highest BCUT2D eigenvalue weighted by molar-refractivity contribution is 9.10. The van der Waals surface area contributed by atoms with Gasteiger partial charge in [-0.05, 0) is 35.8 Å². The number of carbonyl (C=O) groups is 1. The summed E-state index contributed by atoms with van der Waals surface area (Å²) in [4.78, 5) is 16.8. The van der Waals surface area contributed by atoms with Gasteiger partial charge in [-0.15, -0.1) is 0 Å². The number of nitrogens with zero attached hydrogens (tertiary/aromatic N) is 4. The molecule has 0 saturated carbocycles. The van der Waals surface area contributed by atoms with Crippen molar-refractivity contribution in [2.24, 2.45) is 0 Å². The van der Waals surface area contributed by atoms with Crippen molar-refractivity contribution in [2.45, 2.75) is 26.4 Å². The fraction of sp³-hybridized carbons (Fsp3) is 0.444. The van der Waals surface area contributed by atoms with E-state index in [1.165, 1.54) is 6.07 Å². The summed E-state index contributed by atoms with van der Waals surface area (Å²) < 4.78 is 16.4. The van der Waals surface area contributed by atoms with Crippen molar-refractivity contribution in [3.8, 4) is 0 Å². The van der Waals surface area contributed by atoms with Crippen LogP contribution in [0, 0.1) is 12.7 Å². The van der Waals surface area contributed by atoms with Crippen LogP contribution in [0.5, 0.6) is 0 Å². The summed E-state index contributed by atoms with van der Waals surface area (Å²) in [6.45, 7) is 7.14. The molecule has 25 heavy (non-hydrogen) atoms. The highest BCUT2D eigenvalue weighted by atomic mass is 79.9. The zero-order chi connectivity index (χ0) is 18.0. The van der Waals surface area contributed by atoms with E-state index in [2.05, 4.69) is 25.9 Å². The third-order valence-electron chi connectivity index (χ3n) is 4.65. The second-order valence-corrected chi connectivity index (χ2v) is 7.27. The minimum atomic E-state index is -0.330. The number of hydrogen-bond donors (Lipinski definition) is 0. The van der Waals surface area contributed by atoms with Crippen molar-refractivity contribution in [3.63, 3.8) is 0 Å². The Bertz CT molecular complexity index is 736. The number of piperazine rings is 1. The monoisotopic (exact) mass is 408 g/mol. The van der Waals surface area contributed by atoms with Crippen molar-refractivity contribution >= 4 is 21.8 Å². The zero-order valence-electron chi connectivity index (χ0n) is 14.5. The fourth-order valence-corrected chi connectivity index (χ4v) is 3.32. The molecule has 1 aliphatic rings. The minimum Gasteiger partial charge on any atom is -0.338 e. The average Bonchev–Trinajstić information content (AvgIpc) is 2.95. The molecule has 0 bridgehead atoms. The predicted octanol–water partition coefficient (Wildman–Crippen LogP) is 3.00. The Morgan fingerprint density at radius 1 is 1.28 bits per heavy atom. The summed E-state index contributed by atoms with van der Waals surface area (Å²) in [5.41, 5.74) is 1.57. The van der Waals surface area contributed by atoms with Crippen LogP contribution in [-0.4, -0.2) is 51.7 Å². The lowest BCUT2D eigenvalue weighted by Crippen LogP contribution is -2.50. The molecule has 1 amide bonds. The maximum absolute atomic E-state index is 13.8. The second kappa shape index (κ2) is 7.66. The summed E-state index contributed by atoms with van der Waals surface area (Å²) in [5, 5.41) is 4.38. The number of benzene rings is 1. The summed E-state index contributed by atoms with van der Waals surface area (Å²) in [6.07, 6.45) is 1.84. The summed E-state index contributed by atoms with van der Waals surface area (Å²) in [6, 6.07) is 6.52. The van der Waals surface area contributed by atoms with E-state index in [1.54, 1.807) is 10.7 Å². The molecule has 5 nitrogen and oxygen atoms in total. The molecule has 0 aliphatic carbocycles. The van der Waals surface area contributed by atoms with E-state index in [0.29, 0.717) is 25.2 Å². The molecule has 1 fully saturated rings. The van der Waals surface area contributed by atoms with E-state index < -0.39 is 0 Å². The van der Waals surface area contributed by atoms with Gasteiger partial charge in [0.15, 0.2) is 0 Å². The first-order valence-corrected chi connectivity index (χ1v) is 9.21. The summed E-state index contributed by atoms with van der Waals surface area (Å²) in [5.74, 6) is -0.102. The average molecular weight is 409 g/mol. The largest absolute Gasteiger partial charge is 0.338 e. The van der Waals surface area contributed by atoms with Crippen LogP contribution in [-0.2, 0) is 11.3 Å². The maximum atomic E-state index is 13.8. The van der Waals surface area contributed by atoms with Crippen LogP contribution in [0.15, 0.2) is 34.9 Å². The van der Waals surface area contributed by atoms with E-state index in [0.717, 1.165) is 23.3 Å². The molecule has 3 rings (SSSR count). The molecule has 7 heteroatoms. The van der Waals surface area contributed by atoms with Crippen molar-refractivity contribution in [1.29, 1.82) is 0 Å². The van der Waals surface area contributed by atoms with E-state index in [1.807, 2.05) is 37.1 Å². The third kappa shape index (κ3) is 4.10. The van der Waals surface area contributed by atoms with Gasteiger partial charge in [0, 0.05) is 44.5 Å². The SMILES string of the molecule is Cc1nn(C(C)C(=O)N2CCN(Cc3ccccc3F)CC2)cc1Br. The molecule has 0 radical (unpaired) electrons. The molecule has 1 unspecified atom stereocenters. The molecule has 1 aromatic carbocycles. The fourth-order valence-electron chi connectivity index (χ4n) is 3.03. The van der Waals surface area contributed by atoms with Gasteiger partial charge in [0.25, 0.3) is 0 Å². The Morgan fingerprint density at radius 3 is 2.56 bits per heavy atom. The Hall–Kier alpha value is -1.73. The van der Waals surface area contributed by atoms with E-state index in [-0.39, 0.29) is 17.8 Å². The topological polar surface area (TPSA) is 41.4 Å². The summed E-state index contributed by atoms with van der Waals surface area (Å²) in [7, 11) is 0. The molecule has 0 N–H and O–H groups in total. The van der Waals surface area contributed by atoms with Gasteiger partial charge in [0.1, 0.15) is 11.9 Å². The molecule has 2 aromatic rings. The number of carbonyl (C=O) groups excluding carboxylic acids is 1. The first-order valence-electron chi connectivity index (χ1n) is 8.41. The lowest BCUT2D eigenvalue weighted by molar-refractivity contribution is -0.136. The van der Waals surface area contributed by atoms with E-state index in [9.17, 15) is 9.18 Å². The minimum absolute atomic E-state index is 0.0699. The van der Waals surface area contributed by atoms with Gasteiger partial charge in [0.2, 0.25) is 5.91 Å². The predicted molar refractivity (Wildman–Crippen MR) is 97.6 cm³/mol. The Morgan fingerprint density at radius 2 is 1.96 bits per heavy atom. The smallest absolute Gasteiger partial charge is 0.247 e. The van der Waals surface area contributed by atoms with Crippen LogP contribution in [0.1, 0.15) is 24.2 Å².